The summed E-state index contributed by atoms with van der Waals surface area (Å²) >= 11 is 0. The van der Waals surface area contributed by atoms with Crippen molar-refractivity contribution in [3.63, 3.8) is 0 Å². The van der Waals surface area contributed by atoms with Gasteiger partial charge < -0.3 is 19.1 Å². The summed E-state index contributed by atoms with van der Waals surface area (Å²) < 4.78 is 17.2. The van der Waals surface area contributed by atoms with Gasteiger partial charge in [-0.25, -0.2) is 4.79 Å². The highest BCUT2D eigenvalue weighted by Gasteiger charge is 2.34. The first kappa shape index (κ1) is 19.2. The quantitative estimate of drug-likeness (QED) is 0.796. The Morgan fingerprint density at radius 2 is 1.85 bits per heavy atom. The van der Waals surface area contributed by atoms with E-state index in [1.54, 1.807) is 12.0 Å². The van der Waals surface area contributed by atoms with Crippen molar-refractivity contribution >= 4 is 6.09 Å². The van der Waals surface area contributed by atoms with Gasteiger partial charge in [0.1, 0.15) is 18.5 Å². The summed E-state index contributed by atoms with van der Waals surface area (Å²) in [4.78, 5) is 14.2. The molecule has 5 nitrogen and oxygen atoms in total. The van der Waals surface area contributed by atoms with E-state index in [1.807, 2.05) is 48.5 Å². The number of benzene rings is 2. The van der Waals surface area contributed by atoms with Crippen molar-refractivity contribution in [3.05, 3.63) is 65.2 Å². The van der Waals surface area contributed by atoms with Crippen molar-refractivity contribution in [2.45, 2.75) is 39.1 Å². The molecule has 1 fully saturated rings. The van der Waals surface area contributed by atoms with Crippen LogP contribution in [0.3, 0.4) is 0 Å². The standard InChI is InChI=1S/C22H27NO4/c1-16-9-10-19(13-17(16)2)27-21-14-23(12-11-20(21)25-3)22(24)26-15-18-7-5-4-6-8-18/h4-10,13,20-21H,11-12,14-15H2,1-3H3/t20-,21-/m1/s1. The Labute approximate surface area is 160 Å². The fourth-order valence-electron chi connectivity index (χ4n) is 3.22. The number of nitrogens with zero attached hydrogens (tertiary/aromatic N) is 1. The molecule has 0 N–H and O–H groups in total. The van der Waals surface area contributed by atoms with E-state index in [0.717, 1.165) is 11.3 Å². The lowest BCUT2D eigenvalue weighted by molar-refractivity contribution is -0.0462. The Morgan fingerprint density at radius 3 is 2.56 bits per heavy atom. The van der Waals surface area contributed by atoms with Gasteiger partial charge in [0, 0.05) is 13.7 Å². The number of aryl methyl sites for hydroxylation is 2. The van der Waals surface area contributed by atoms with Crippen LogP contribution in [-0.4, -0.2) is 43.4 Å². The smallest absolute Gasteiger partial charge is 0.410 e. The van der Waals surface area contributed by atoms with Gasteiger partial charge >= 0.3 is 6.09 Å². The number of piperidine rings is 1. The largest absolute Gasteiger partial charge is 0.486 e. The molecule has 1 aliphatic rings. The van der Waals surface area contributed by atoms with Crippen molar-refractivity contribution in [2.75, 3.05) is 20.2 Å². The van der Waals surface area contributed by atoms with Crippen molar-refractivity contribution < 1.29 is 19.0 Å². The Morgan fingerprint density at radius 1 is 1.07 bits per heavy atom. The van der Waals surface area contributed by atoms with Crippen LogP contribution >= 0.6 is 0 Å². The maximum Gasteiger partial charge on any atom is 0.410 e. The highest BCUT2D eigenvalue weighted by Crippen LogP contribution is 2.23. The van der Waals surface area contributed by atoms with Crippen LogP contribution in [0.5, 0.6) is 5.75 Å². The number of rotatable bonds is 5. The minimum atomic E-state index is -0.318. The summed E-state index contributed by atoms with van der Waals surface area (Å²) in [7, 11) is 1.69. The lowest BCUT2D eigenvalue weighted by Gasteiger charge is -2.37. The molecule has 0 unspecified atom stereocenters. The van der Waals surface area contributed by atoms with Gasteiger partial charge in [-0.3, -0.25) is 0 Å². The van der Waals surface area contributed by atoms with Gasteiger partial charge in [0.25, 0.3) is 0 Å². The number of carbonyl (C=O) groups is 1. The van der Waals surface area contributed by atoms with E-state index in [-0.39, 0.29) is 24.9 Å². The van der Waals surface area contributed by atoms with Crippen LogP contribution in [0.1, 0.15) is 23.1 Å². The average molecular weight is 369 g/mol. The Kier molecular flexibility index (Phi) is 6.35. The summed E-state index contributed by atoms with van der Waals surface area (Å²) in [5, 5.41) is 0. The molecule has 1 aliphatic heterocycles. The van der Waals surface area contributed by atoms with Crippen molar-refractivity contribution in [3.8, 4) is 5.75 Å². The maximum absolute atomic E-state index is 12.5. The maximum atomic E-state index is 12.5. The monoisotopic (exact) mass is 369 g/mol. The summed E-state index contributed by atoms with van der Waals surface area (Å²) in [6, 6.07) is 15.7. The second-order valence-electron chi connectivity index (χ2n) is 6.95. The number of hydrogen-bond donors (Lipinski definition) is 0. The molecule has 0 aliphatic carbocycles. The fourth-order valence-corrected chi connectivity index (χ4v) is 3.22. The zero-order chi connectivity index (χ0) is 19.2. The van der Waals surface area contributed by atoms with Gasteiger partial charge in [0.2, 0.25) is 0 Å². The predicted molar refractivity (Wildman–Crippen MR) is 104 cm³/mol. The molecule has 0 radical (unpaired) electrons. The first-order valence-electron chi connectivity index (χ1n) is 9.29. The molecular formula is C22H27NO4. The molecular weight excluding hydrogens is 342 g/mol. The fraction of sp³-hybridized carbons (Fsp3) is 0.409. The van der Waals surface area contributed by atoms with Crippen molar-refractivity contribution in [1.29, 1.82) is 0 Å². The molecule has 1 amide bonds. The molecule has 0 spiro atoms. The number of likely N-dealkylation sites (tertiary alicyclic amines) is 1. The van der Waals surface area contributed by atoms with Gasteiger partial charge in [0.15, 0.2) is 0 Å². The van der Waals surface area contributed by atoms with Gasteiger partial charge in [-0.1, -0.05) is 36.4 Å². The second-order valence-corrected chi connectivity index (χ2v) is 6.95. The Hall–Kier alpha value is -2.53. The first-order chi connectivity index (χ1) is 13.1. The topological polar surface area (TPSA) is 48.0 Å². The van der Waals surface area contributed by atoms with Crippen LogP contribution in [0.2, 0.25) is 0 Å². The molecule has 2 atom stereocenters. The third-order valence-electron chi connectivity index (χ3n) is 5.03. The molecule has 27 heavy (non-hydrogen) atoms. The molecule has 1 heterocycles. The summed E-state index contributed by atoms with van der Waals surface area (Å²) in [6.07, 6.45) is 0.119. The van der Waals surface area contributed by atoms with E-state index < -0.39 is 0 Å². The molecule has 3 rings (SSSR count). The van der Waals surface area contributed by atoms with E-state index in [2.05, 4.69) is 13.8 Å². The summed E-state index contributed by atoms with van der Waals surface area (Å²) in [6.45, 7) is 5.44. The molecule has 2 aromatic carbocycles. The van der Waals surface area contributed by atoms with E-state index in [9.17, 15) is 4.79 Å². The first-order valence-corrected chi connectivity index (χ1v) is 9.29. The molecule has 0 bridgehead atoms. The highest BCUT2D eigenvalue weighted by molar-refractivity contribution is 5.67. The van der Waals surface area contributed by atoms with Gasteiger partial charge in [-0.05, 0) is 49.1 Å². The second kappa shape index (κ2) is 8.91. The molecule has 1 saturated heterocycles. The van der Waals surface area contributed by atoms with Gasteiger partial charge in [-0.2, -0.15) is 0 Å². The molecule has 144 valence electrons. The predicted octanol–water partition coefficient (Wildman–Crippen LogP) is 4.11. The number of methoxy groups -OCH3 is 1. The van der Waals surface area contributed by atoms with E-state index in [4.69, 9.17) is 14.2 Å². The van der Waals surface area contributed by atoms with E-state index in [1.165, 1.54) is 11.1 Å². The van der Waals surface area contributed by atoms with Crippen LogP contribution in [0.4, 0.5) is 4.79 Å². The van der Waals surface area contributed by atoms with Crippen molar-refractivity contribution in [2.24, 2.45) is 0 Å². The van der Waals surface area contributed by atoms with Gasteiger partial charge in [-0.15, -0.1) is 0 Å². The lowest BCUT2D eigenvalue weighted by Crippen LogP contribution is -2.52. The van der Waals surface area contributed by atoms with E-state index in [0.29, 0.717) is 19.5 Å². The zero-order valence-electron chi connectivity index (χ0n) is 16.2. The van der Waals surface area contributed by atoms with Crippen LogP contribution in [0.25, 0.3) is 0 Å². The minimum Gasteiger partial charge on any atom is -0.486 e. The average Bonchev–Trinajstić information content (AvgIpc) is 2.69. The van der Waals surface area contributed by atoms with Crippen LogP contribution in [0, 0.1) is 13.8 Å². The highest BCUT2D eigenvalue weighted by atomic mass is 16.6. The van der Waals surface area contributed by atoms with Gasteiger partial charge in [0.05, 0.1) is 12.6 Å². The van der Waals surface area contributed by atoms with Crippen LogP contribution < -0.4 is 4.74 Å². The number of hydrogen-bond acceptors (Lipinski definition) is 4. The number of ether oxygens (including phenoxy) is 3. The SMILES string of the molecule is CO[C@@H]1CCN(C(=O)OCc2ccccc2)C[C@H]1Oc1ccc(C)c(C)c1. The number of amides is 1. The summed E-state index contributed by atoms with van der Waals surface area (Å²) in [5.74, 6) is 0.796. The van der Waals surface area contributed by atoms with E-state index >= 15 is 0 Å². The van der Waals surface area contributed by atoms with Crippen LogP contribution in [-0.2, 0) is 16.1 Å². The zero-order valence-corrected chi connectivity index (χ0v) is 16.2. The Balaban J connectivity index is 1.61. The van der Waals surface area contributed by atoms with Crippen molar-refractivity contribution in [1.82, 2.24) is 4.90 Å². The molecule has 0 saturated carbocycles. The summed E-state index contributed by atoms with van der Waals surface area (Å²) in [5.41, 5.74) is 3.37. The lowest BCUT2D eigenvalue weighted by atomic mass is 10.0. The molecule has 5 heteroatoms. The molecule has 2 aromatic rings. The number of carbonyl (C=O) groups excluding carboxylic acids is 1. The minimum absolute atomic E-state index is 0.0511. The molecule has 0 aromatic heterocycles. The Bertz CT molecular complexity index is 762. The third kappa shape index (κ3) is 5.01. The van der Waals surface area contributed by atoms with Crippen LogP contribution in [0.15, 0.2) is 48.5 Å². The third-order valence-corrected chi connectivity index (χ3v) is 5.03. The normalized spacial score (nSPS) is 19.6.